The minimum Gasteiger partial charge on any atom is -0.480 e. The van der Waals surface area contributed by atoms with E-state index in [-0.39, 0.29) is 19.0 Å². The lowest BCUT2D eigenvalue weighted by Crippen LogP contribution is -2.53. The lowest BCUT2D eigenvalue weighted by atomic mass is 10.1. The molecule has 1 aliphatic heterocycles. The summed E-state index contributed by atoms with van der Waals surface area (Å²) in [7, 11) is 0. The normalized spacial score (nSPS) is 17.9. The molecule has 0 unspecified atom stereocenters. The van der Waals surface area contributed by atoms with Crippen molar-refractivity contribution >= 4 is 17.7 Å². The second-order valence-electron chi connectivity index (χ2n) is 3.80. The molecule has 16 heavy (non-hydrogen) atoms. The van der Waals surface area contributed by atoms with Gasteiger partial charge in [-0.1, -0.05) is 0 Å². The van der Waals surface area contributed by atoms with Crippen molar-refractivity contribution in [2.75, 3.05) is 13.2 Å². The smallest absolute Gasteiger partial charge is 0.324 e. The number of rotatable bonds is 3. The zero-order valence-corrected chi connectivity index (χ0v) is 9.51. The predicted octanol–water partition coefficient (Wildman–Crippen LogP) is 2.08. The predicted molar refractivity (Wildman–Crippen MR) is 58.2 cm³/mol. The number of halogens is 1. The Kier molecular flexibility index (Phi) is 2.90. The highest BCUT2D eigenvalue weighted by Gasteiger charge is 2.47. The average Bonchev–Trinajstić information content (AvgIpc) is 2.13. The van der Waals surface area contributed by atoms with Crippen LogP contribution in [0, 0.1) is 12.7 Å². The van der Waals surface area contributed by atoms with Crippen LogP contribution in [0.25, 0.3) is 0 Å². The SMILES string of the molecule is Cc1cc(F)ccc1SC1(C(=O)O)COC1. The van der Waals surface area contributed by atoms with Gasteiger partial charge in [-0.05, 0) is 30.7 Å². The summed E-state index contributed by atoms with van der Waals surface area (Å²) < 4.78 is 16.9. The molecule has 0 aliphatic carbocycles. The van der Waals surface area contributed by atoms with Gasteiger partial charge in [0.2, 0.25) is 0 Å². The molecule has 1 heterocycles. The Morgan fingerprint density at radius 2 is 2.25 bits per heavy atom. The molecule has 1 fully saturated rings. The third-order valence-electron chi connectivity index (χ3n) is 2.50. The van der Waals surface area contributed by atoms with E-state index in [2.05, 4.69) is 0 Å². The summed E-state index contributed by atoms with van der Waals surface area (Å²) in [6.07, 6.45) is 0. The maximum absolute atomic E-state index is 12.9. The topological polar surface area (TPSA) is 46.5 Å². The third-order valence-corrected chi connectivity index (χ3v) is 3.98. The first kappa shape index (κ1) is 11.4. The van der Waals surface area contributed by atoms with Crippen LogP contribution in [0.1, 0.15) is 5.56 Å². The van der Waals surface area contributed by atoms with E-state index in [1.54, 1.807) is 13.0 Å². The van der Waals surface area contributed by atoms with Gasteiger partial charge in [0.05, 0.1) is 13.2 Å². The first-order valence-electron chi connectivity index (χ1n) is 4.80. The number of carboxylic acid groups (broad SMARTS) is 1. The number of thioether (sulfide) groups is 1. The molecule has 1 aromatic carbocycles. The summed E-state index contributed by atoms with van der Waals surface area (Å²) >= 11 is 1.23. The highest BCUT2D eigenvalue weighted by molar-refractivity contribution is 8.01. The third kappa shape index (κ3) is 1.92. The van der Waals surface area contributed by atoms with Gasteiger partial charge in [0, 0.05) is 4.90 Å². The highest BCUT2D eigenvalue weighted by Crippen LogP contribution is 2.40. The van der Waals surface area contributed by atoms with E-state index < -0.39 is 10.7 Å². The van der Waals surface area contributed by atoms with Crippen molar-refractivity contribution in [2.24, 2.45) is 0 Å². The number of benzene rings is 1. The Labute approximate surface area is 96.6 Å². The van der Waals surface area contributed by atoms with E-state index in [4.69, 9.17) is 9.84 Å². The maximum atomic E-state index is 12.9. The van der Waals surface area contributed by atoms with Crippen molar-refractivity contribution in [2.45, 2.75) is 16.6 Å². The second-order valence-corrected chi connectivity index (χ2v) is 5.23. The van der Waals surface area contributed by atoms with Crippen molar-refractivity contribution in [1.82, 2.24) is 0 Å². The molecule has 0 saturated carbocycles. The van der Waals surface area contributed by atoms with Gasteiger partial charge in [-0.25, -0.2) is 4.39 Å². The molecular weight excluding hydrogens is 231 g/mol. The van der Waals surface area contributed by atoms with E-state index >= 15 is 0 Å². The summed E-state index contributed by atoms with van der Waals surface area (Å²) in [5.74, 6) is -1.19. The van der Waals surface area contributed by atoms with E-state index in [0.29, 0.717) is 0 Å². The van der Waals surface area contributed by atoms with Crippen LogP contribution < -0.4 is 0 Å². The lowest BCUT2D eigenvalue weighted by molar-refractivity contribution is -0.151. The molecule has 1 aromatic rings. The van der Waals surface area contributed by atoms with Crippen LogP contribution in [0.5, 0.6) is 0 Å². The van der Waals surface area contributed by atoms with Crippen LogP contribution >= 0.6 is 11.8 Å². The summed E-state index contributed by atoms with van der Waals surface area (Å²) in [6, 6.07) is 4.35. The van der Waals surface area contributed by atoms with Crippen LogP contribution in [-0.4, -0.2) is 29.0 Å². The molecule has 5 heteroatoms. The minimum atomic E-state index is -0.900. The zero-order valence-electron chi connectivity index (χ0n) is 8.70. The Hall–Kier alpha value is -1.07. The fraction of sp³-hybridized carbons (Fsp3) is 0.364. The minimum absolute atomic E-state index is 0.198. The number of carboxylic acids is 1. The van der Waals surface area contributed by atoms with Gasteiger partial charge in [-0.3, -0.25) is 4.79 Å². The van der Waals surface area contributed by atoms with Gasteiger partial charge in [-0.2, -0.15) is 0 Å². The highest BCUT2D eigenvalue weighted by atomic mass is 32.2. The Morgan fingerprint density at radius 3 is 2.69 bits per heavy atom. The van der Waals surface area contributed by atoms with Crippen LogP contribution in [0.3, 0.4) is 0 Å². The molecule has 0 atom stereocenters. The average molecular weight is 242 g/mol. The summed E-state index contributed by atoms with van der Waals surface area (Å²) in [5.41, 5.74) is 0.748. The Morgan fingerprint density at radius 1 is 1.56 bits per heavy atom. The van der Waals surface area contributed by atoms with Crippen LogP contribution in [0.15, 0.2) is 23.1 Å². The van der Waals surface area contributed by atoms with E-state index in [1.807, 2.05) is 0 Å². The number of aryl methyl sites for hydroxylation is 1. The van der Waals surface area contributed by atoms with Crippen molar-refractivity contribution < 1.29 is 19.0 Å². The molecule has 0 spiro atoms. The number of carbonyl (C=O) groups is 1. The van der Waals surface area contributed by atoms with Crippen LogP contribution in [0.2, 0.25) is 0 Å². The molecule has 0 amide bonds. The summed E-state index contributed by atoms with van der Waals surface area (Å²) in [4.78, 5) is 11.9. The molecule has 0 bridgehead atoms. The fourth-order valence-corrected chi connectivity index (χ4v) is 2.60. The van der Waals surface area contributed by atoms with Gasteiger partial charge >= 0.3 is 5.97 Å². The Balaban J connectivity index is 2.23. The van der Waals surface area contributed by atoms with E-state index in [1.165, 1.54) is 23.9 Å². The number of ether oxygens (including phenoxy) is 1. The molecule has 1 N–H and O–H groups in total. The largest absolute Gasteiger partial charge is 0.480 e. The van der Waals surface area contributed by atoms with Crippen molar-refractivity contribution in [3.63, 3.8) is 0 Å². The molecule has 0 radical (unpaired) electrons. The van der Waals surface area contributed by atoms with Crippen molar-refractivity contribution in [3.8, 4) is 0 Å². The van der Waals surface area contributed by atoms with Crippen molar-refractivity contribution in [3.05, 3.63) is 29.6 Å². The quantitative estimate of drug-likeness (QED) is 0.881. The second kappa shape index (κ2) is 4.07. The number of hydrogen-bond acceptors (Lipinski definition) is 3. The van der Waals surface area contributed by atoms with Crippen LogP contribution in [-0.2, 0) is 9.53 Å². The van der Waals surface area contributed by atoms with Crippen molar-refractivity contribution in [1.29, 1.82) is 0 Å². The monoisotopic (exact) mass is 242 g/mol. The van der Waals surface area contributed by atoms with E-state index in [9.17, 15) is 9.18 Å². The summed E-state index contributed by atoms with van der Waals surface area (Å²) in [6.45, 7) is 2.16. The van der Waals surface area contributed by atoms with Gasteiger partial charge in [0.25, 0.3) is 0 Å². The molecule has 86 valence electrons. The van der Waals surface area contributed by atoms with E-state index in [0.717, 1.165) is 10.5 Å². The summed E-state index contributed by atoms with van der Waals surface area (Å²) in [5, 5.41) is 9.12. The van der Waals surface area contributed by atoms with Crippen LogP contribution in [0.4, 0.5) is 4.39 Å². The lowest BCUT2D eigenvalue weighted by Gasteiger charge is -2.36. The maximum Gasteiger partial charge on any atom is 0.324 e. The first-order chi connectivity index (χ1) is 7.53. The molecule has 0 aromatic heterocycles. The Bertz CT molecular complexity index is 429. The van der Waals surface area contributed by atoms with Gasteiger partial charge in [0.1, 0.15) is 5.82 Å². The molecular formula is C11H11FO3S. The molecule has 1 saturated heterocycles. The van der Waals surface area contributed by atoms with Gasteiger partial charge in [0.15, 0.2) is 4.75 Å². The van der Waals surface area contributed by atoms with Gasteiger partial charge in [-0.15, -0.1) is 11.8 Å². The first-order valence-corrected chi connectivity index (χ1v) is 5.61. The fourth-order valence-electron chi connectivity index (χ4n) is 1.45. The van der Waals surface area contributed by atoms with Gasteiger partial charge < -0.3 is 9.84 Å². The number of hydrogen-bond donors (Lipinski definition) is 1. The molecule has 1 aliphatic rings. The number of aliphatic carboxylic acids is 1. The zero-order chi connectivity index (χ0) is 11.8. The molecule has 2 rings (SSSR count). The molecule has 3 nitrogen and oxygen atoms in total. The standard InChI is InChI=1S/C11H11FO3S/c1-7-4-8(12)2-3-9(7)16-11(10(13)14)5-15-6-11/h2-4H,5-6H2,1H3,(H,13,14).